The maximum Gasteiger partial charge on any atom is 0.263 e. The van der Waals surface area contributed by atoms with Crippen molar-refractivity contribution in [1.82, 2.24) is 10.3 Å². The minimum absolute atomic E-state index is 0.0707. The molecule has 112 valence electrons. The number of rotatable bonds is 5. The van der Waals surface area contributed by atoms with E-state index >= 15 is 0 Å². The zero-order valence-electron chi connectivity index (χ0n) is 12.4. The molecule has 1 aliphatic rings. The predicted octanol–water partition coefficient (Wildman–Crippen LogP) is 2.65. The molecule has 0 saturated carbocycles. The van der Waals surface area contributed by atoms with Crippen LogP contribution in [0.5, 0.6) is 0 Å². The molecule has 0 spiro atoms. The van der Waals surface area contributed by atoms with E-state index in [9.17, 15) is 4.79 Å². The van der Waals surface area contributed by atoms with Gasteiger partial charge in [0, 0.05) is 13.1 Å². The van der Waals surface area contributed by atoms with Gasteiger partial charge in [0.15, 0.2) is 5.13 Å². The number of hydrogen-bond donors (Lipinski definition) is 2. The van der Waals surface area contributed by atoms with Crippen LogP contribution in [0.1, 0.15) is 49.7 Å². The van der Waals surface area contributed by atoms with Crippen LogP contribution in [0, 0.1) is 0 Å². The van der Waals surface area contributed by atoms with E-state index < -0.39 is 0 Å². The standard InChI is InChI=1S/C14H23N3O2S/c1-4-15-13-17-9-11(20-13)12(18)16-8-10-6-5-7-14(2,3)19-10/h9-10H,4-8H2,1-3H3,(H,15,17)(H,16,18). The fraction of sp³-hybridized carbons (Fsp3) is 0.714. The molecule has 2 rings (SSSR count). The zero-order chi connectivity index (χ0) is 14.6. The second-order valence-corrected chi connectivity index (χ2v) is 6.69. The Hall–Kier alpha value is -1.14. The molecule has 2 N–H and O–H groups in total. The number of anilines is 1. The van der Waals surface area contributed by atoms with E-state index in [0.29, 0.717) is 11.4 Å². The molecule has 0 aromatic carbocycles. The maximum atomic E-state index is 12.0. The van der Waals surface area contributed by atoms with Crippen molar-refractivity contribution in [2.24, 2.45) is 0 Å². The Balaban J connectivity index is 1.82. The summed E-state index contributed by atoms with van der Waals surface area (Å²) in [5, 5.41) is 6.83. The van der Waals surface area contributed by atoms with E-state index in [1.165, 1.54) is 11.3 Å². The van der Waals surface area contributed by atoms with E-state index in [0.717, 1.165) is 30.9 Å². The number of carbonyl (C=O) groups is 1. The number of hydrogen-bond acceptors (Lipinski definition) is 5. The molecule has 0 bridgehead atoms. The number of ether oxygens (including phenoxy) is 1. The quantitative estimate of drug-likeness (QED) is 0.877. The Labute approximate surface area is 124 Å². The van der Waals surface area contributed by atoms with E-state index in [-0.39, 0.29) is 17.6 Å². The summed E-state index contributed by atoms with van der Waals surface area (Å²) in [6, 6.07) is 0. The van der Waals surface area contributed by atoms with Crippen molar-refractivity contribution in [1.29, 1.82) is 0 Å². The molecule has 1 amide bonds. The van der Waals surface area contributed by atoms with Crippen LogP contribution in [0.2, 0.25) is 0 Å². The fourth-order valence-corrected chi connectivity index (χ4v) is 3.17. The van der Waals surface area contributed by atoms with Crippen LogP contribution in [-0.2, 0) is 4.74 Å². The van der Waals surface area contributed by atoms with Gasteiger partial charge in [0.2, 0.25) is 0 Å². The smallest absolute Gasteiger partial charge is 0.263 e. The predicted molar refractivity (Wildman–Crippen MR) is 81.4 cm³/mol. The van der Waals surface area contributed by atoms with E-state index in [2.05, 4.69) is 29.5 Å². The largest absolute Gasteiger partial charge is 0.371 e. The number of carbonyl (C=O) groups excluding carboxylic acids is 1. The lowest BCUT2D eigenvalue weighted by molar-refractivity contribution is -0.104. The van der Waals surface area contributed by atoms with E-state index in [1.54, 1.807) is 6.20 Å². The second kappa shape index (κ2) is 6.54. The summed E-state index contributed by atoms with van der Waals surface area (Å²) < 4.78 is 5.96. The molecule has 1 aromatic rings. The second-order valence-electron chi connectivity index (χ2n) is 5.66. The number of thiazole rings is 1. The van der Waals surface area contributed by atoms with Crippen LogP contribution < -0.4 is 10.6 Å². The van der Waals surface area contributed by atoms with Gasteiger partial charge in [0.05, 0.1) is 17.9 Å². The molecule has 20 heavy (non-hydrogen) atoms. The first-order valence-corrected chi connectivity index (χ1v) is 7.97. The van der Waals surface area contributed by atoms with Gasteiger partial charge < -0.3 is 15.4 Å². The lowest BCUT2D eigenvalue weighted by Crippen LogP contribution is -2.42. The van der Waals surface area contributed by atoms with Crippen LogP contribution in [0.3, 0.4) is 0 Å². The minimum Gasteiger partial charge on any atom is -0.371 e. The summed E-state index contributed by atoms with van der Waals surface area (Å²) in [4.78, 5) is 16.8. The number of nitrogens with one attached hydrogen (secondary N) is 2. The third-order valence-electron chi connectivity index (χ3n) is 3.34. The summed E-state index contributed by atoms with van der Waals surface area (Å²) in [7, 11) is 0. The lowest BCUT2D eigenvalue weighted by atomic mass is 9.95. The van der Waals surface area contributed by atoms with Gasteiger partial charge in [-0.05, 0) is 40.0 Å². The van der Waals surface area contributed by atoms with Gasteiger partial charge in [-0.1, -0.05) is 11.3 Å². The van der Waals surface area contributed by atoms with Crippen LogP contribution in [0.15, 0.2) is 6.20 Å². The zero-order valence-corrected chi connectivity index (χ0v) is 13.2. The van der Waals surface area contributed by atoms with Crippen molar-refractivity contribution in [2.75, 3.05) is 18.4 Å². The number of amides is 1. The van der Waals surface area contributed by atoms with Crippen molar-refractivity contribution in [3.63, 3.8) is 0 Å². The van der Waals surface area contributed by atoms with Crippen LogP contribution >= 0.6 is 11.3 Å². The number of aromatic nitrogens is 1. The van der Waals surface area contributed by atoms with Crippen molar-refractivity contribution in [2.45, 2.75) is 51.7 Å². The molecule has 1 atom stereocenters. The van der Waals surface area contributed by atoms with E-state index in [1.807, 2.05) is 6.92 Å². The highest BCUT2D eigenvalue weighted by Crippen LogP contribution is 2.27. The van der Waals surface area contributed by atoms with Gasteiger partial charge in [0.25, 0.3) is 5.91 Å². The SMILES string of the molecule is CCNc1ncc(C(=O)NCC2CCCC(C)(C)O2)s1. The molecule has 0 radical (unpaired) electrons. The van der Waals surface area contributed by atoms with Crippen LogP contribution in [0.25, 0.3) is 0 Å². The molecule has 1 saturated heterocycles. The fourth-order valence-electron chi connectivity index (χ4n) is 2.37. The van der Waals surface area contributed by atoms with Gasteiger partial charge in [-0.15, -0.1) is 0 Å². The topological polar surface area (TPSA) is 63.2 Å². The first kappa shape index (κ1) is 15.3. The highest BCUT2D eigenvalue weighted by Gasteiger charge is 2.28. The maximum absolute atomic E-state index is 12.0. The minimum atomic E-state index is -0.0731. The molecule has 6 heteroatoms. The highest BCUT2D eigenvalue weighted by atomic mass is 32.1. The average Bonchev–Trinajstić information content (AvgIpc) is 2.84. The van der Waals surface area contributed by atoms with Crippen LogP contribution in [0.4, 0.5) is 5.13 Å². The van der Waals surface area contributed by atoms with Crippen molar-refractivity contribution < 1.29 is 9.53 Å². The molecule has 5 nitrogen and oxygen atoms in total. The van der Waals surface area contributed by atoms with E-state index in [4.69, 9.17) is 4.74 Å². The average molecular weight is 297 g/mol. The molecule has 1 aromatic heterocycles. The Morgan fingerprint density at radius 2 is 2.40 bits per heavy atom. The monoisotopic (exact) mass is 297 g/mol. The Morgan fingerprint density at radius 1 is 1.60 bits per heavy atom. The van der Waals surface area contributed by atoms with Gasteiger partial charge in [0.1, 0.15) is 4.88 Å². The van der Waals surface area contributed by atoms with Gasteiger partial charge in [-0.25, -0.2) is 4.98 Å². The summed E-state index contributed by atoms with van der Waals surface area (Å²) in [5.41, 5.74) is -0.0731. The lowest BCUT2D eigenvalue weighted by Gasteiger charge is -2.36. The molecule has 2 heterocycles. The molecule has 0 aliphatic carbocycles. The summed E-state index contributed by atoms with van der Waals surface area (Å²) >= 11 is 1.38. The van der Waals surface area contributed by atoms with Crippen molar-refractivity contribution in [3.05, 3.63) is 11.1 Å². The molecule has 1 aliphatic heterocycles. The Kier molecular flexibility index (Phi) is 4.99. The molecular weight excluding hydrogens is 274 g/mol. The first-order chi connectivity index (χ1) is 9.50. The summed E-state index contributed by atoms with van der Waals surface area (Å²) in [6.07, 6.45) is 4.97. The third kappa shape index (κ3) is 4.18. The van der Waals surface area contributed by atoms with Crippen LogP contribution in [-0.4, -0.2) is 35.7 Å². The number of nitrogens with zero attached hydrogens (tertiary/aromatic N) is 1. The Bertz CT molecular complexity index is 459. The van der Waals surface area contributed by atoms with Crippen molar-refractivity contribution in [3.8, 4) is 0 Å². The summed E-state index contributed by atoms with van der Waals surface area (Å²) in [5.74, 6) is -0.0707. The van der Waals surface area contributed by atoms with Crippen molar-refractivity contribution >= 4 is 22.4 Å². The normalized spacial score (nSPS) is 21.4. The Morgan fingerprint density at radius 3 is 3.10 bits per heavy atom. The molecule has 1 fully saturated rings. The first-order valence-electron chi connectivity index (χ1n) is 7.16. The highest BCUT2D eigenvalue weighted by molar-refractivity contribution is 7.17. The van der Waals surface area contributed by atoms with Gasteiger partial charge in [-0.2, -0.15) is 0 Å². The van der Waals surface area contributed by atoms with Gasteiger partial charge >= 0.3 is 0 Å². The third-order valence-corrected chi connectivity index (χ3v) is 4.29. The molecule has 1 unspecified atom stereocenters. The summed E-state index contributed by atoms with van der Waals surface area (Å²) in [6.45, 7) is 7.58. The molecular formula is C14H23N3O2S. The van der Waals surface area contributed by atoms with Gasteiger partial charge in [-0.3, -0.25) is 4.79 Å².